The van der Waals surface area contributed by atoms with E-state index >= 15 is 0 Å². The molecule has 0 radical (unpaired) electrons. The van der Waals surface area contributed by atoms with Gasteiger partial charge in [-0.3, -0.25) is 9.69 Å². The van der Waals surface area contributed by atoms with Gasteiger partial charge in [-0.1, -0.05) is 0 Å². The molecule has 2 aromatic rings. The van der Waals surface area contributed by atoms with Crippen LogP contribution in [0.2, 0.25) is 0 Å². The van der Waals surface area contributed by atoms with E-state index < -0.39 is 0 Å². The van der Waals surface area contributed by atoms with Crippen molar-refractivity contribution in [2.75, 3.05) is 13.1 Å². The second-order valence-electron chi connectivity index (χ2n) is 6.29. The van der Waals surface area contributed by atoms with Crippen molar-refractivity contribution in [1.29, 1.82) is 0 Å². The zero-order chi connectivity index (χ0) is 15.1. The fourth-order valence-electron chi connectivity index (χ4n) is 3.79. The Bertz CT molecular complexity index is 654. The molecule has 3 fully saturated rings. The van der Waals surface area contributed by atoms with E-state index in [9.17, 15) is 4.79 Å². The third-order valence-electron chi connectivity index (χ3n) is 5.11. The molecule has 0 unspecified atom stereocenters. The minimum Gasteiger partial charge on any atom is -0.451 e. The third-order valence-corrected chi connectivity index (χ3v) is 5.79. The summed E-state index contributed by atoms with van der Waals surface area (Å²) in [6, 6.07) is 6.30. The van der Waals surface area contributed by atoms with E-state index in [4.69, 9.17) is 4.42 Å². The van der Waals surface area contributed by atoms with Crippen LogP contribution in [-0.4, -0.2) is 36.0 Å². The summed E-state index contributed by atoms with van der Waals surface area (Å²) >= 11 is 1.62. The van der Waals surface area contributed by atoms with Gasteiger partial charge in [-0.2, -0.15) is 11.3 Å². The molecule has 3 aliphatic heterocycles. The van der Waals surface area contributed by atoms with Crippen LogP contribution in [0.3, 0.4) is 0 Å². The smallest absolute Gasteiger partial charge is 0.287 e. The number of thiophene rings is 1. The second-order valence-corrected chi connectivity index (χ2v) is 7.07. The first-order valence-electron chi connectivity index (χ1n) is 7.89. The first-order valence-corrected chi connectivity index (χ1v) is 8.84. The fraction of sp³-hybridized carbons (Fsp3) is 0.471. The monoisotopic (exact) mass is 316 g/mol. The predicted molar refractivity (Wildman–Crippen MR) is 87.0 cm³/mol. The second kappa shape index (κ2) is 5.56. The summed E-state index contributed by atoms with van der Waals surface area (Å²) in [7, 11) is 0. The van der Waals surface area contributed by atoms with E-state index in [1.54, 1.807) is 17.4 Å². The highest BCUT2D eigenvalue weighted by molar-refractivity contribution is 7.08. The number of hydrogen-bond donors (Lipinski definition) is 1. The Morgan fingerprint density at radius 2 is 2.14 bits per heavy atom. The molecule has 0 aromatic carbocycles. The molecule has 2 aromatic heterocycles. The maximum atomic E-state index is 12.5. The number of hydrogen-bond acceptors (Lipinski definition) is 4. The Morgan fingerprint density at radius 1 is 1.32 bits per heavy atom. The maximum absolute atomic E-state index is 12.5. The number of rotatable bonds is 3. The fourth-order valence-corrected chi connectivity index (χ4v) is 4.43. The lowest BCUT2D eigenvalue weighted by molar-refractivity contribution is 0.0211. The van der Waals surface area contributed by atoms with E-state index in [0.29, 0.717) is 17.7 Å². The Kier molecular flexibility index (Phi) is 3.54. The van der Waals surface area contributed by atoms with Gasteiger partial charge >= 0.3 is 0 Å². The summed E-state index contributed by atoms with van der Waals surface area (Å²) in [6.45, 7) is 4.55. The molecule has 0 spiro atoms. The van der Waals surface area contributed by atoms with Gasteiger partial charge in [0.15, 0.2) is 5.76 Å². The number of piperidine rings is 3. The molecular formula is C17H20N2O2S. The number of nitrogens with zero attached hydrogens (tertiary/aromatic N) is 1. The maximum Gasteiger partial charge on any atom is 0.287 e. The molecule has 5 heterocycles. The summed E-state index contributed by atoms with van der Waals surface area (Å²) in [6.07, 6.45) is 2.38. The van der Waals surface area contributed by atoms with E-state index in [2.05, 4.69) is 17.1 Å². The van der Waals surface area contributed by atoms with Gasteiger partial charge in [-0.15, -0.1) is 0 Å². The van der Waals surface area contributed by atoms with E-state index in [0.717, 1.165) is 11.3 Å². The van der Waals surface area contributed by atoms with Crippen molar-refractivity contribution in [3.05, 3.63) is 34.7 Å². The zero-order valence-electron chi connectivity index (χ0n) is 12.6. The molecule has 4 nitrogen and oxygen atoms in total. The van der Waals surface area contributed by atoms with Crippen LogP contribution in [0.4, 0.5) is 0 Å². The van der Waals surface area contributed by atoms with Crippen LogP contribution in [0.1, 0.15) is 30.3 Å². The van der Waals surface area contributed by atoms with Crippen molar-refractivity contribution in [3.8, 4) is 11.3 Å². The number of fused-ring (bicyclic) bond motifs is 3. The molecule has 0 saturated carbocycles. The molecule has 0 aliphatic carbocycles. The van der Waals surface area contributed by atoms with Crippen LogP contribution >= 0.6 is 11.3 Å². The van der Waals surface area contributed by atoms with Crippen LogP contribution in [0.15, 0.2) is 33.4 Å². The largest absolute Gasteiger partial charge is 0.451 e. The lowest BCUT2D eigenvalue weighted by Crippen LogP contribution is -2.62. The van der Waals surface area contributed by atoms with Crippen molar-refractivity contribution < 1.29 is 9.21 Å². The highest BCUT2D eigenvalue weighted by Crippen LogP contribution is 2.32. The summed E-state index contributed by atoms with van der Waals surface area (Å²) in [4.78, 5) is 15.0. The van der Waals surface area contributed by atoms with Crippen molar-refractivity contribution in [3.63, 3.8) is 0 Å². The molecule has 1 N–H and O–H groups in total. The van der Waals surface area contributed by atoms with Gasteiger partial charge in [-0.25, -0.2) is 0 Å². The van der Waals surface area contributed by atoms with Gasteiger partial charge in [-0.05, 0) is 62.4 Å². The van der Waals surface area contributed by atoms with Crippen molar-refractivity contribution in [2.24, 2.45) is 5.92 Å². The molecule has 116 valence electrons. The highest BCUT2D eigenvalue weighted by Gasteiger charge is 2.40. The molecule has 22 heavy (non-hydrogen) atoms. The highest BCUT2D eigenvalue weighted by atomic mass is 32.1. The summed E-state index contributed by atoms with van der Waals surface area (Å²) in [5.74, 6) is 1.68. The first kappa shape index (κ1) is 14.0. The van der Waals surface area contributed by atoms with Crippen molar-refractivity contribution >= 4 is 17.2 Å². The molecule has 3 saturated heterocycles. The van der Waals surface area contributed by atoms with Crippen LogP contribution in [-0.2, 0) is 0 Å². The number of carbonyl (C=O) groups excluding carboxylic acids is 1. The summed E-state index contributed by atoms with van der Waals surface area (Å²) < 4.78 is 5.73. The van der Waals surface area contributed by atoms with Crippen LogP contribution in [0.5, 0.6) is 0 Å². The Balaban J connectivity index is 1.48. The van der Waals surface area contributed by atoms with Gasteiger partial charge in [0.05, 0.1) is 0 Å². The minimum atomic E-state index is -0.0907. The SMILES string of the molecule is C[C@H]1[C@H](NC(=O)c2ccc(-c3ccsc3)o2)C2CCN1CC2. The standard InChI is InChI=1S/C17H20N2O2S/c1-11-16(12-4-7-19(11)8-5-12)18-17(20)15-3-2-14(21-15)13-6-9-22-10-13/h2-3,6,9-12,16H,4-5,7-8H2,1H3,(H,18,20)/t11-,16-/m0/s1. The number of amides is 1. The number of furan rings is 1. The van der Waals surface area contributed by atoms with Crippen molar-refractivity contribution in [2.45, 2.75) is 31.8 Å². The van der Waals surface area contributed by atoms with Crippen LogP contribution in [0.25, 0.3) is 11.3 Å². The van der Waals surface area contributed by atoms with E-state index in [1.807, 2.05) is 22.9 Å². The molecule has 5 heteroatoms. The van der Waals surface area contributed by atoms with Gasteiger partial charge in [0.25, 0.3) is 5.91 Å². The van der Waals surface area contributed by atoms with Gasteiger partial charge in [0.1, 0.15) is 5.76 Å². The number of nitrogens with one attached hydrogen (secondary N) is 1. The number of carbonyl (C=O) groups is 1. The predicted octanol–water partition coefficient (Wildman–Crippen LogP) is 3.22. The third kappa shape index (κ3) is 2.38. The zero-order valence-corrected chi connectivity index (χ0v) is 13.4. The molecular weight excluding hydrogens is 296 g/mol. The molecule has 1 amide bonds. The molecule has 2 bridgehead atoms. The first-order chi connectivity index (χ1) is 10.7. The Labute approximate surface area is 134 Å². The lowest BCUT2D eigenvalue weighted by atomic mass is 9.79. The quantitative estimate of drug-likeness (QED) is 0.945. The average molecular weight is 316 g/mol. The van der Waals surface area contributed by atoms with Crippen LogP contribution in [0, 0.1) is 5.92 Å². The lowest BCUT2D eigenvalue weighted by Gasteiger charge is -2.49. The minimum absolute atomic E-state index is 0.0907. The Hall–Kier alpha value is -1.59. The van der Waals surface area contributed by atoms with Gasteiger partial charge in [0, 0.05) is 23.0 Å². The van der Waals surface area contributed by atoms with E-state index in [1.165, 1.54) is 25.9 Å². The average Bonchev–Trinajstić information content (AvgIpc) is 3.21. The van der Waals surface area contributed by atoms with E-state index in [-0.39, 0.29) is 11.9 Å². The molecule has 2 atom stereocenters. The van der Waals surface area contributed by atoms with Crippen LogP contribution < -0.4 is 5.32 Å². The molecule has 3 aliphatic rings. The normalized spacial score (nSPS) is 30.4. The van der Waals surface area contributed by atoms with Gasteiger partial charge < -0.3 is 9.73 Å². The topological polar surface area (TPSA) is 45.5 Å². The molecule has 5 rings (SSSR count). The van der Waals surface area contributed by atoms with Gasteiger partial charge in [0.2, 0.25) is 0 Å². The Morgan fingerprint density at radius 3 is 2.82 bits per heavy atom. The van der Waals surface area contributed by atoms with Crippen molar-refractivity contribution in [1.82, 2.24) is 10.2 Å². The summed E-state index contributed by atoms with van der Waals surface area (Å²) in [5, 5.41) is 7.23. The summed E-state index contributed by atoms with van der Waals surface area (Å²) in [5.41, 5.74) is 1.03.